The van der Waals surface area contributed by atoms with Gasteiger partial charge in [0.05, 0.1) is 16.2 Å². The largest absolute Gasteiger partial charge is 0.435 e. The number of rotatable bonds is 8. The highest BCUT2D eigenvalue weighted by molar-refractivity contribution is 6.01. The van der Waals surface area contributed by atoms with Crippen LogP contribution in [-0.2, 0) is 6.18 Å². The van der Waals surface area contributed by atoms with Gasteiger partial charge in [0.25, 0.3) is 5.69 Å². The van der Waals surface area contributed by atoms with Gasteiger partial charge in [-0.2, -0.15) is 35.8 Å². The number of anilines is 1. The van der Waals surface area contributed by atoms with Crippen LogP contribution in [0.15, 0.2) is 41.5 Å². The first-order valence-corrected chi connectivity index (χ1v) is 8.08. The first kappa shape index (κ1) is 23.7. The number of halogens is 7. The Hall–Kier alpha value is -3.58. The lowest BCUT2D eigenvalue weighted by Gasteiger charge is -2.13. The van der Waals surface area contributed by atoms with Gasteiger partial charge in [-0.15, -0.1) is 0 Å². The number of nitrogens with one attached hydrogen (secondary N) is 1. The smallest absolute Gasteiger partial charge is 0.416 e. The standard InChI is InChI=1S/C17H12F7N3O4/c1-8(11-4-3-10(30-15(18)19)7-14(11)31-16(20)21)25-26-12-5-2-9(17(22,23)24)6-13(12)27(28)29/h2-7,15-16,26H,1H3/b25-8-. The molecule has 7 nitrogen and oxygen atoms in total. The maximum absolute atomic E-state index is 12.8. The average Bonchev–Trinajstić information content (AvgIpc) is 2.64. The predicted octanol–water partition coefficient (Wildman–Crippen LogP) is 5.65. The summed E-state index contributed by atoms with van der Waals surface area (Å²) in [6.07, 6.45) is -4.81. The molecule has 2 rings (SSSR count). The molecule has 0 saturated heterocycles. The molecule has 0 unspecified atom stereocenters. The van der Waals surface area contributed by atoms with Crippen LogP contribution in [0.2, 0.25) is 0 Å². The Labute approximate surface area is 169 Å². The van der Waals surface area contributed by atoms with Gasteiger partial charge in [-0.25, -0.2) is 0 Å². The van der Waals surface area contributed by atoms with Crippen molar-refractivity contribution in [3.8, 4) is 11.5 Å². The van der Waals surface area contributed by atoms with Crippen molar-refractivity contribution in [2.75, 3.05) is 5.43 Å². The second-order valence-electron chi connectivity index (χ2n) is 5.71. The molecule has 0 aliphatic rings. The van der Waals surface area contributed by atoms with Crippen molar-refractivity contribution in [2.45, 2.75) is 26.3 Å². The summed E-state index contributed by atoms with van der Waals surface area (Å²) >= 11 is 0. The lowest BCUT2D eigenvalue weighted by Crippen LogP contribution is -2.10. The number of hydrazone groups is 1. The Kier molecular flexibility index (Phi) is 7.25. The minimum atomic E-state index is -4.81. The molecule has 0 aliphatic heterocycles. The zero-order chi connectivity index (χ0) is 23.3. The second kappa shape index (κ2) is 9.49. The topological polar surface area (TPSA) is 86.0 Å². The van der Waals surface area contributed by atoms with E-state index < -0.39 is 52.8 Å². The van der Waals surface area contributed by atoms with Gasteiger partial charge < -0.3 is 9.47 Å². The fourth-order valence-corrected chi connectivity index (χ4v) is 2.33. The summed E-state index contributed by atoms with van der Waals surface area (Å²) in [4.78, 5) is 10.0. The SMILES string of the molecule is C/C(=N/Nc1ccc(C(F)(F)F)cc1[N+](=O)[O-])c1ccc(OC(F)F)cc1OC(F)F. The minimum Gasteiger partial charge on any atom is -0.435 e. The van der Waals surface area contributed by atoms with Crippen molar-refractivity contribution in [3.63, 3.8) is 0 Å². The van der Waals surface area contributed by atoms with Crippen molar-refractivity contribution < 1.29 is 45.1 Å². The van der Waals surface area contributed by atoms with Gasteiger partial charge in [0.15, 0.2) is 0 Å². The third kappa shape index (κ3) is 6.45. The van der Waals surface area contributed by atoms with E-state index in [2.05, 4.69) is 20.0 Å². The van der Waals surface area contributed by atoms with Gasteiger partial charge in [0, 0.05) is 17.7 Å². The van der Waals surface area contributed by atoms with E-state index in [0.29, 0.717) is 12.1 Å². The predicted molar refractivity (Wildman–Crippen MR) is 93.6 cm³/mol. The van der Waals surface area contributed by atoms with Crippen LogP contribution in [0.5, 0.6) is 11.5 Å². The monoisotopic (exact) mass is 455 g/mol. The maximum atomic E-state index is 12.8. The van der Waals surface area contributed by atoms with Gasteiger partial charge in [-0.05, 0) is 31.2 Å². The van der Waals surface area contributed by atoms with Crippen LogP contribution in [0.3, 0.4) is 0 Å². The quantitative estimate of drug-likeness (QED) is 0.241. The van der Waals surface area contributed by atoms with Crippen LogP contribution in [0.1, 0.15) is 18.1 Å². The molecule has 168 valence electrons. The summed E-state index contributed by atoms with van der Waals surface area (Å²) in [5, 5.41) is 14.8. The van der Waals surface area contributed by atoms with E-state index in [4.69, 9.17) is 0 Å². The molecule has 0 amide bonds. The number of ether oxygens (including phenoxy) is 2. The minimum absolute atomic E-state index is 0.103. The zero-order valence-electron chi connectivity index (χ0n) is 15.3. The summed E-state index contributed by atoms with van der Waals surface area (Å²) in [5.74, 6) is -1.06. The highest BCUT2D eigenvalue weighted by atomic mass is 19.4. The molecule has 0 radical (unpaired) electrons. The van der Waals surface area contributed by atoms with E-state index >= 15 is 0 Å². The van der Waals surface area contributed by atoms with Crippen LogP contribution in [-0.4, -0.2) is 23.9 Å². The van der Waals surface area contributed by atoms with Crippen molar-refractivity contribution in [2.24, 2.45) is 5.10 Å². The van der Waals surface area contributed by atoms with Gasteiger partial charge in [-0.3, -0.25) is 15.5 Å². The number of nitro benzene ring substituents is 1. The second-order valence-corrected chi connectivity index (χ2v) is 5.71. The van der Waals surface area contributed by atoms with E-state index in [-0.39, 0.29) is 11.3 Å². The molecule has 0 bridgehead atoms. The van der Waals surface area contributed by atoms with E-state index in [9.17, 15) is 40.8 Å². The van der Waals surface area contributed by atoms with E-state index in [1.807, 2.05) is 0 Å². The van der Waals surface area contributed by atoms with Crippen LogP contribution >= 0.6 is 0 Å². The van der Waals surface area contributed by atoms with E-state index in [0.717, 1.165) is 24.3 Å². The molecule has 14 heteroatoms. The van der Waals surface area contributed by atoms with Crippen LogP contribution in [0, 0.1) is 10.1 Å². The summed E-state index contributed by atoms with van der Waals surface area (Å²) in [6, 6.07) is 4.49. The van der Waals surface area contributed by atoms with Crippen molar-refractivity contribution in [1.29, 1.82) is 0 Å². The molecule has 0 atom stereocenters. The van der Waals surface area contributed by atoms with Gasteiger partial charge >= 0.3 is 19.4 Å². The zero-order valence-corrected chi connectivity index (χ0v) is 15.3. The lowest BCUT2D eigenvalue weighted by molar-refractivity contribution is -0.384. The molecule has 0 aliphatic carbocycles. The highest BCUT2D eigenvalue weighted by Crippen LogP contribution is 2.35. The molecular formula is C17H12F7N3O4. The fraction of sp³-hybridized carbons (Fsp3) is 0.235. The molecule has 1 N–H and O–H groups in total. The Morgan fingerprint density at radius 3 is 2.26 bits per heavy atom. The van der Waals surface area contributed by atoms with Crippen molar-refractivity contribution in [3.05, 3.63) is 57.6 Å². The molecule has 2 aromatic carbocycles. The average molecular weight is 455 g/mol. The van der Waals surface area contributed by atoms with Crippen LogP contribution in [0.4, 0.5) is 42.1 Å². The highest BCUT2D eigenvalue weighted by Gasteiger charge is 2.33. The van der Waals surface area contributed by atoms with Crippen LogP contribution < -0.4 is 14.9 Å². The van der Waals surface area contributed by atoms with Gasteiger partial charge in [-0.1, -0.05) is 0 Å². The van der Waals surface area contributed by atoms with Crippen molar-refractivity contribution >= 4 is 17.1 Å². The number of hydrogen-bond donors (Lipinski definition) is 1. The molecule has 0 fully saturated rings. The first-order chi connectivity index (χ1) is 14.4. The van der Waals surface area contributed by atoms with E-state index in [1.165, 1.54) is 6.92 Å². The normalized spacial score (nSPS) is 12.3. The lowest BCUT2D eigenvalue weighted by atomic mass is 10.1. The van der Waals surface area contributed by atoms with Crippen LogP contribution in [0.25, 0.3) is 0 Å². The number of alkyl halides is 7. The Balaban J connectivity index is 2.38. The number of nitrogens with zero attached hydrogens (tertiary/aromatic N) is 2. The van der Waals surface area contributed by atoms with Gasteiger partial charge in [0.2, 0.25) is 0 Å². The molecule has 0 aromatic heterocycles. The van der Waals surface area contributed by atoms with E-state index in [1.54, 1.807) is 0 Å². The number of nitro groups is 1. The Morgan fingerprint density at radius 1 is 1.06 bits per heavy atom. The molecule has 0 spiro atoms. The molecular weight excluding hydrogens is 443 g/mol. The van der Waals surface area contributed by atoms with Crippen molar-refractivity contribution in [1.82, 2.24) is 0 Å². The Bertz CT molecular complexity index is 981. The first-order valence-electron chi connectivity index (χ1n) is 8.08. The number of benzene rings is 2. The summed E-state index contributed by atoms with van der Waals surface area (Å²) in [5.41, 5.74) is -0.643. The summed E-state index contributed by atoms with van der Waals surface area (Å²) in [7, 11) is 0. The number of hydrogen-bond acceptors (Lipinski definition) is 6. The molecule has 31 heavy (non-hydrogen) atoms. The fourth-order valence-electron chi connectivity index (χ4n) is 2.33. The summed E-state index contributed by atoms with van der Waals surface area (Å²) in [6.45, 7) is -5.29. The third-order valence-corrected chi connectivity index (χ3v) is 3.65. The molecule has 0 saturated carbocycles. The third-order valence-electron chi connectivity index (χ3n) is 3.65. The molecule has 0 heterocycles. The molecule has 2 aromatic rings. The maximum Gasteiger partial charge on any atom is 0.416 e. The van der Waals surface area contributed by atoms with Gasteiger partial charge in [0.1, 0.15) is 17.2 Å². The Morgan fingerprint density at radius 2 is 1.71 bits per heavy atom. The summed E-state index contributed by atoms with van der Waals surface area (Å²) < 4.78 is 96.6.